The Morgan fingerprint density at radius 1 is 1.16 bits per heavy atom. The quantitative estimate of drug-likeness (QED) is 0.322. The Bertz CT molecular complexity index is 858. The molecule has 0 amide bonds. The minimum Gasteiger partial charge on any atom is -0.479 e. The van der Waals surface area contributed by atoms with Crippen LogP contribution < -0.4 is 10.2 Å². The number of nitrogens with one attached hydrogen (secondary N) is 1. The van der Waals surface area contributed by atoms with Crippen molar-refractivity contribution in [3.8, 4) is 11.3 Å². The summed E-state index contributed by atoms with van der Waals surface area (Å²) in [6, 6.07) is 11.7. The van der Waals surface area contributed by atoms with Gasteiger partial charge in [0.1, 0.15) is 0 Å². The molecular formula is C25H35N3O3S. The Morgan fingerprint density at radius 2 is 1.88 bits per heavy atom. The van der Waals surface area contributed by atoms with Gasteiger partial charge >= 0.3 is 5.97 Å². The number of anilines is 1. The summed E-state index contributed by atoms with van der Waals surface area (Å²) < 4.78 is 5.30. The normalized spacial score (nSPS) is 11.7. The maximum absolute atomic E-state index is 11.3. The molecule has 0 unspecified atom stereocenters. The Morgan fingerprint density at radius 3 is 2.53 bits per heavy atom. The van der Waals surface area contributed by atoms with E-state index in [1.165, 1.54) is 25.7 Å². The predicted molar refractivity (Wildman–Crippen MR) is 134 cm³/mol. The van der Waals surface area contributed by atoms with Crippen molar-refractivity contribution in [1.82, 2.24) is 10.3 Å². The number of hydrogen-bond donors (Lipinski definition) is 2. The topological polar surface area (TPSA) is 74.7 Å². The van der Waals surface area contributed by atoms with E-state index in [1.807, 2.05) is 48.3 Å². The van der Waals surface area contributed by atoms with Crippen molar-refractivity contribution in [2.45, 2.75) is 58.5 Å². The van der Waals surface area contributed by atoms with Crippen molar-refractivity contribution in [3.63, 3.8) is 0 Å². The summed E-state index contributed by atoms with van der Waals surface area (Å²) >= 11 is 5.55. The highest BCUT2D eigenvalue weighted by Crippen LogP contribution is 2.23. The lowest BCUT2D eigenvalue weighted by atomic mass is 10.0. The zero-order valence-corrected chi connectivity index (χ0v) is 20.2. The van der Waals surface area contributed by atoms with Crippen LogP contribution in [0.3, 0.4) is 0 Å². The second kappa shape index (κ2) is 13.8. The van der Waals surface area contributed by atoms with E-state index in [9.17, 15) is 9.90 Å². The van der Waals surface area contributed by atoms with Crippen LogP contribution in [0.5, 0.6) is 0 Å². The number of aliphatic carboxylic acids is 1. The van der Waals surface area contributed by atoms with Gasteiger partial charge in [0.05, 0.1) is 5.69 Å². The number of ether oxygens (including phenoxy) is 1. The molecule has 0 saturated heterocycles. The summed E-state index contributed by atoms with van der Waals surface area (Å²) in [5, 5.41) is 13.3. The molecule has 0 aliphatic rings. The first-order valence-corrected chi connectivity index (χ1v) is 11.8. The largest absolute Gasteiger partial charge is 0.479 e. The number of carboxylic acids is 1. The molecule has 2 aromatic rings. The molecule has 1 heterocycles. The number of benzene rings is 1. The van der Waals surface area contributed by atoms with E-state index in [-0.39, 0.29) is 0 Å². The van der Waals surface area contributed by atoms with Crippen LogP contribution in [0.2, 0.25) is 0 Å². The molecule has 0 fully saturated rings. The minimum absolute atomic E-state index is 0.331. The van der Waals surface area contributed by atoms with Gasteiger partial charge in [-0.1, -0.05) is 56.9 Å². The third-order valence-corrected chi connectivity index (χ3v) is 5.72. The van der Waals surface area contributed by atoms with E-state index in [0.29, 0.717) is 18.1 Å². The van der Waals surface area contributed by atoms with E-state index in [2.05, 4.69) is 17.2 Å². The van der Waals surface area contributed by atoms with Gasteiger partial charge in [-0.15, -0.1) is 0 Å². The smallest absolute Gasteiger partial charge is 0.333 e. The molecule has 2 rings (SSSR count). The number of rotatable bonds is 13. The van der Waals surface area contributed by atoms with Gasteiger partial charge in [0, 0.05) is 44.1 Å². The number of pyridine rings is 1. The molecule has 174 valence electrons. The van der Waals surface area contributed by atoms with Crippen LogP contribution in [-0.4, -0.2) is 47.5 Å². The fraction of sp³-hybridized carbons (Fsp3) is 0.480. The Kier molecular flexibility index (Phi) is 11.1. The molecule has 0 spiro atoms. The first-order valence-electron chi connectivity index (χ1n) is 11.4. The van der Waals surface area contributed by atoms with Gasteiger partial charge in [-0.3, -0.25) is 4.98 Å². The number of aromatic nitrogens is 1. The summed E-state index contributed by atoms with van der Waals surface area (Å²) in [6.45, 7) is 5.26. The molecular weight excluding hydrogens is 422 g/mol. The standard InChI is InChI=1S/C25H35N3O3S/c1-4-6-7-8-9-15-27-25(32)28(3)21-14-16-26-22(18-21)20-12-10-19(11-13-20)17-23(24(29)30)31-5-2/h10-14,16,18,23H,4-9,15,17H2,1-3H3,(H,27,32)(H,29,30)/t23-/m0/s1. The van der Waals surface area contributed by atoms with Gasteiger partial charge in [0.25, 0.3) is 0 Å². The lowest BCUT2D eigenvalue weighted by Gasteiger charge is -2.21. The van der Waals surface area contributed by atoms with Crippen molar-refractivity contribution in [2.75, 3.05) is 25.1 Å². The molecule has 0 saturated carbocycles. The molecule has 0 bridgehead atoms. The maximum Gasteiger partial charge on any atom is 0.333 e. The zero-order valence-electron chi connectivity index (χ0n) is 19.3. The van der Waals surface area contributed by atoms with Crippen molar-refractivity contribution < 1.29 is 14.6 Å². The van der Waals surface area contributed by atoms with Gasteiger partial charge < -0.3 is 20.1 Å². The predicted octanol–water partition coefficient (Wildman–Crippen LogP) is 5.06. The summed E-state index contributed by atoms with van der Waals surface area (Å²) in [6.07, 6.45) is 7.43. The van der Waals surface area contributed by atoms with Crippen molar-refractivity contribution in [2.24, 2.45) is 0 Å². The van der Waals surface area contributed by atoms with Gasteiger partial charge in [-0.2, -0.15) is 0 Å². The molecule has 0 aliphatic heterocycles. The van der Waals surface area contributed by atoms with Crippen LogP contribution in [0.4, 0.5) is 5.69 Å². The SMILES string of the molecule is CCCCCCCNC(=S)N(C)c1ccnc(-c2ccc(C[C@H](OCC)C(=O)O)cc2)c1. The first-order chi connectivity index (χ1) is 15.5. The fourth-order valence-electron chi connectivity index (χ4n) is 3.39. The second-order valence-corrected chi connectivity index (χ2v) is 8.17. The van der Waals surface area contributed by atoms with Gasteiger partial charge in [0.2, 0.25) is 0 Å². The van der Waals surface area contributed by atoms with E-state index in [1.54, 1.807) is 13.1 Å². The average Bonchev–Trinajstić information content (AvgIpc) is 2.81. The Labute approximate surface area is 197 Å². The first kappa shape index (κ1) is 25.7. The Balaban J connectivity index is 1.98. The molecule has 0 aliphatic carbocycles. The van der Waals surface area contributed by atoms with Crippen LogP contribution in [0.1, 0.15) is 51.5 Å². The highest BCUT2D eigenvalue weighted by molar-refractivity contribution is 7.80. The van der Waals surface area contributed by atoms with Crippen LogP contribution in [0.25, 0.3) is 11.3 Å². The van der Waals surface area contributed by atoms with E-state index >= 15 is 0 Å². The summed E-state index contributed by atoms with van der Waals surface area (Å²) in [5.41, 5.74) is 3.67. The maximum atomic E-state index is 11.3. The van der Waals surface area contributed by atoms with Crippen LogP contribution in [0, 0.1) is 0 Å². The zero-order chi connectivity index (χ0) is 23.3. The van der Waals surface area contributed by atoms with Crippen molar-refractivity contribution in [3.05, 3.63) is 48.2 Å². The van der Waals surface area contributed by atoms with Crippen LogP contribution in [0.15, 0.2) is 42.6 Å². The number of carbonyl (C=O) groups is 1. The molecule has 7 heteroatoms. The minimum atomic E-state index is -0.945. The molecule has 1 aromatic heterocycles. The lowest BCUT2D eigenvalue weighted by Crippen LogP contribution is -2.37. The number of carboxylic acid groups (broad SMARTS) is 1. The highest BCUT2D eigenvalue weighted by atomic mass is 32.1. The second-order valence-electron chi connectivity index (χ2n) is 7.79. The van der Waals surface area contributed by atoms with Crippen LogP contribution in [-0.2, 0) is 16.0 Å². The van der Waals surface area contributed by atoms with E-state index < -0.39 is 12.1 Å². The fourth-order valence-corrected chi connectivity index (χ4v) is 3.60. The van der Waals surface area contributed by atoms with Gasteiger partial charge in [-0.05, 0) is 43.3 Å². The number of unbranched alkanes of at least 4 members (excludes halogenated alkanes) is 4. The average molecular weight is 458 g/mol. The highest BCUT2D eigenvalue weighted by Gasteiger charge is 2.18. The molecule has 6 nitrogen and oxygen atoms in total. The Hall–Kier alpha value is -2.51. The van der Waals surface area contributed by atoms with Gasteiger partial charge in [-0.25, -0.2) is 4.79 Å². The third-order valence-electron chi connectivity index (χ3n) is 5.31. The molecule has 2 N–H and O–H groups in total. The monoisotopic (exact) mass is 457 g/mol. The number of nitrogens with zero attached hydrogens (tertiary/aromatic N) is 2. The number of thiocarbonyl (C=S) groups is 1. The summed E-state index contributed by atoms with van der Waals surface area (Å²) in [4.78, 5) is 17.8. The number of hydrogen-bond acceptors (Lipinski definition) is 4. The van der Waals surface area contributed by atoms with Crippen molar-refractivity contribution in [1.29, 1.82) is 0 Å². The van der Waals surface area contributed by atoms with Crippen molar-refractivity contribution >= 4 is 29.0 Å². The van der Waals surface area contributed by atoms with Gasteiger partial charge in [0.15, 0.2) is 11.2 Å². The van der Waals surface area contributed by atoms with E-state index in [0.717, 1.165) is 35.5 Å². The molecule has 32 heavy (non-hydrogen) atoms. The lowest BCUT2D eigenvalue weighted by molar-refractivity contribution is -0.149. The third kappa shape index (κ3) is 8.20. The molecule has 0 radical (unpaired) electrons. The summed E-state index contributed by atoms with van der Waals surface area (Å²) in [5.74, 6) is -0.945. The van der Waals surface area contributed by atoms with E-state index in [4.69, 9.17) is 17.0 Å². The molecule has 1 atom stereocenters. The molecule has 1 aromatic carbocycles. The van der Waals surface area contributed by atoms with Crippen LogP contribution >= 0.6 is 12.2 Å². The summed E-state index contributed by atoms with van der Waals surface area (Å²) in [7, 11) is 1.95.